The Morgan fingerprint density at radius 3 is 2.41 bits per heavy atom. The zero-order valence-electron chi connectivity index (χ0n) is 14.6. The van der Waals surface area contributed by atoms with Crippen molar-refractivity contribution in [3.05, 3.63) is 89.7 Å². The largest absolute Gasteiger partial charge is 0.487 e. The van der Waals surface area contributed by atoms with Gasteiger partial charge in [0.25, 0.3) is 0 Å². The lowest BCUT2D eigenvalue weighted by molar-refractivity contribution is -0.0498. The van der Waals surface area contributed by atoms with Crippen molar-refractivity contribution < 1.29 is 18.3 Å². The molecule has 0 bridgehead atoms. The van der Waals surface area contributed by atoms with E-state index in [9.17, 15) is 8.78 Å². The first kappa shape index (κ1) is 18.8. The number of nitrogens with one attached hydrogen (secondary N) is 1. The van der Waals surface area contributed by atoms with Crippen molar-refractivity contribution >= 4 is 0 Å². The quantitative estimate of drug-likeness (QED) is 0.600. The lowest BCUT2D eigenvalue weighted by Gasteiger charge is -2.12. The molecule has 0 saturated heterocycles. The highest BCUT2D eigenvalue weighted by Gasteiger charge is 2.05. The Bertz CT molecular complexity index is 827. The molecule has 1 aromatic heterocycles. The molecule has 0 unspecified atom stereocenters. The second kappa shape index (κ2) is 9.64. The second-order valence-corrected chi connectivity index (χ2v) is 5.84. The summed E-state index contributed by atoms with van der Waals surface area (Å²) in [6.07, 6.45) is 1.74. The number of rotatable bonds is 9. The number of para-hydroxylation sites is 1. The molecule has 0 aliphatic heterocycles. The topological polar surface area (TPSA) is 43.4 Å². The highest BCUT2D eigenvalue weighted by Crippen LogP contribution is 2.19. The van der Waals surface area contributed by atoms with Crippen LogP contribution in [0.25, 0.3) is 0 Å². The predicted octanol–water partition coefficient (Wildman–Crippen LogP) is 4.55. The monoisotopic (exact) mass is 370 g/mol. The number of nitrogens with zero attached hydrogens (tertiary/aromatic N) is 1. The van der Waals surface area contributed by atoms with Gasteiger partial charge in [0.1, 0.15) is 18.1 Å². The van der Waals surface area contributed by atoms with Crippen LogP contribution in [-0.2, 0) is 19.7 Å². The highest BCUT2D eigenvalue weighted by atomic mass is 19.3. The Balaban J connectivity index is 1.52. The summed E-state index contributed by atoms with van der Waals surface area (Å²) in [5, 5.41) is 3.33. The molecule has 0 aliphatic carbocycles. The van der Waals surface area contributed by atoms with E-state index >= 15 is 0 Å². The van der Waals surface area contributed by atoms with E-state index < -0.39 is 6.61 Å². The molecule has 27 heavy (non-hydrogen) atoms. The molecule has 4 nitrogen and oxygen atoms in total. The van der Waals surface area contributed by atoms with E-state index in [-0.39, 0.29) is 5.75 Å². The third-order valence-corrected chi connectivity index (χ3v) is 3.87. The third kappa shape index (κ3) is 6.04. The maximum absolute atomic E-state index is 12.2. The van der Waals surface area contributed by atoms with E-state index in [2.05, 4.69) is 15.0 Å². The van der Waals surface area contributed by atoms with Crippen LogP contribution in [0.2, 0.25) is 0 Å². The molecule has 140 valence electrons. The minimum Gasteiger partial charge on any atom is -0.487 e. The number of halogens is 2. The van der Waals surface area contributed by atoms with Gasteiger partial charge in [-0.15, -0.1) is 0 Å². The van der Waals surface area contributed by atoms with Gasteiger partial charge in [-0.2, -0.15) is 8.78 Å². The number of hydrogen-bond acceptors (Lipinski definition) is 4. The van der Waals surface area contributed by atoms with Gasteiger partial charge in [-0.25, -0.2) is 0 Å². The average molecular weight is 370 g/mol. The van der Waals surface area contributed by atoms with E-state index in [0.29, 0.717) is 19.7 Å². The van der Waals surface area contributed by atoms with E-state index in [1.165, 1.54) is 12.1 Å². The molecule has 3 aromatic rings. The van der Waals surface area contributed by atoms with Crippen molar-refractivity contribution in [3.63, 3.8) is 0 Å². The molecule has 0 amide bonds. The summed E-state index contributed by atoms with van der Waals surface area (Å²) in [5.41, 5.74) is 2.88. The summed E-state index contributed by atoms with van der Waals surface area (Å²) in [6, 6.07) is 20.1. The zero-order valence-corrected chi connectivity index (χ0v) is 14.6. The van der Waals surface area contributed by atoms with Crippen molar-refractivity contribution in [2.45, 2.75) is 26.3 Å². The Labute approximate surface area is 156 Å². The Hall–Kier alpha value is -2.99. The molecule has 0 spiro atoms. The van der Waals surface area contributed by atoms with Crippen LogP contribution in [0.5, 0.6) is 11.5 Å². The first-order chi connectivity index (χ1) is 13.2. The fourth-order valence-corrected chi connectivity index (χ4v) is 2.56. The molecular formula is C21H20F2N2O2. The van der Waals surface area contributed by atoms with Crippen molar-refractivity contribution in [2.75, 3.05) is 0 Å². The summed E-state index contributed by atoms with van der Waals surface area (Å²) in [4.78, 5) is 4.25. The Kier molecular flexibility index (Phi) is 6.71. The third-order valence-electron chi connectivity index (χ3n) is 3.87. The standard InChI is InChI=1S/C21H20F2N2O2/c22-21(23)27-19-10-8-16(9-11-19)13-24-14-17-5-1-2-7-20(17)26-15-18-6-3-4-12-25-18/h1-12,21,24H,13-15H2. The van der Waals surface area contributed by atoms with Crippen molar-refractivity contribution in [3.8, 4) is 11.5 Å². The molecule has 0 saturated carbocycles. The van der Waals surface area contributed by atoms with Gasteiger partial charge >= 0.3 is 6.61 Å². The van der Waals surface area contributed by atoms with Crippen LogP contribution >= 0.6 is 0 Å². The molecule has 0 aliphatic rings. The molecule has 1 N–H and O–H groups in total. The predicted molar refractivity (Wildman–Crippen MR) is 98.6 cm³/mol. The van der Waals surface area contributed by atoms with Crippen molar-refractivity contribution in [2.24, 2.45) is 0 Å². The van der Waals surface area contributed by atoms with Crippen LogP contribution in [0.4, 0.5) is 8.78 Å². The number of pyridine rings is 1. The lowest BCUT2D eigenvalue weighted by atomic mass is 10.2. The minimum atomic E-state index is -2.81. The summed E-state index contributed by atoms with van der Waals surface area (Å²) in [5.74, 6) is 0.957. The van der Waals surface area contributed by atoms with Crippen LogP contribution < -0.4 is 14.8 Å². The summed E-state index contributed by atoms with van der Waals surface area (Å²) in [6.45, 7) is -1.18. The maximum atomic E-state index is 12.2. The van der Waals surface area contributed by atoms with Gasteiger partial charge < -0.3 is 14.8 Å². The summed E-state index contributed by atoms with van der Waals surface area (Å²) < 4.78 is 34.6. The minimum absolute atomic E-state index is 0.155. The van der Waals surface area contributed by atoms with Gasteiger partial charge in [0, 0.05) is 24.8 Å². The first-order valence-corrected chi connectivity index (χ1v) is 8.56. The van der Waals surface area contributed by atoms with E-state index in [1.54, 1.807) is 18.3 Å². The SMILES string of the molecule is FC(F)Oc1ccc(CNCc2ccccc2OCc2ccccn2)cc1. The molecule has 3 rings (SSSR count). The molecule has 0 atom stereocenters. The zero-order chi connectivity index (χ0) is 18.9. The number of benzene rings is 2. The van der Waals surface area contributed by atoms with Gasteiger partial charge in [-0.05, 0) is 35.9 Å². The van der Waals surface area contributed by atoms with Crippen molar-refractivity contribution in [1.82, 2.24) is 10.3 Å². The Morgan fingerprint density at radius 2 is 1.67 bits per heavy atom. The van der Waals surface area contributed by atoms with Gasteiger partial charge in [-0.3, -0.25) is 4.98 Å². The molecule has 0 radical (unpaired) electrons. The lowest BCUT2D eigenvalue weighted by Crippen LogP contribution is -2.13. The fraction of sp³-hybridized carbons (Fsp3) is 0.190. The number of alkyl halides is 2. The maximum Gasteiger partial charge on any atom is 0.387 e. The Morgan fingerprint density at radius 1 is 0.889 bits per heavy atom. The molecule has 2 aromatic carbocycles. The van der Waals surface area contributed by atoms with E-state index in [4.69, 9.17) is 4.74 Å². The molecule has 6 heteroatoms. The molecule has 0 fully saturated rings. The van der Waals surface area contributed by atoms with Gasteiger partial charge in [0.05, 0.1) is 5.69 Å². The molecule has 1 heterocycles. The van der Waals surface area contributed by atoms with Crippen molar-refractivity contribution in [1.29, 1.82) is 0 Å². The second-order valence-electron chi connectivity index (χ2n) is 5.84. The summed E-state index contributed by atoms with van der Waals surface area (Å²) in [7, 11) is 0. The number of ether oxygens (including phenoxy) is 2. The van der Waals surface area contributed by atoms with Crippen LogP contribution in [0.3, 0.4) is 0 Å². The number of hydrogen-bond donors (Lipinski definition) is 1. The fourth-order valence-electron chi connectivity index (χ4n) is 2.56. The first-order valence-electron chi connectivity index (χ1n) is 8.56. The van der Waals surface area contributed by atoms with Gasteiger partial charge in [0.2, 0.25) is 0 Å². The summed E-state index contributed by atoms with van der Waals surface area (Å²) >= 11 is 0. The smallest absolute Gasteiger partial charge is 0.387 e. The normalized spacial score (nSPS) is 10.8. The molecular weight excluding hydrogens is 350 g/mol. The number of aromatic nitrogens is 1. The van der Waals surface area contributed by atoms with Gasteiger partial charge in [-0.1, -0.05) is 36.4 Å². The highest BCUT2D eigenvalue weighted by molar-refractivity contribution is 5.33. The van der Waals surface area contributed by atoms with Crippen LogP contribution in [0.1, 0.15) is 16.8 Å². The van der Waals surface area contributed by atoms with E-state index in [1.807, 2.05) is 42.5 Å². The van der Waals surface area contributed by atoms with Gasteiger partial charge in [0.15, 0.2) is 0 Å². The van der Waals surface area contributed by atoms with Crippen LogP contribution in [-0.4, -0.2) is 11.6 Å². The van der Waals surface area contributed by atoms with Crippen LogP contribution in [0.15, 0.2) is 72.9 Å². The van der Waals surface area contributed by atoms with Crippen LogP contribution in [0, 0.1) is 0 Å². The average Bonchev–Trinajstić information content (AvgIpc) is 2.69. The van der Waals surface area contributed by atoms with E-state index in [0.717, 1.165) is 22.6 Å².